The van der Waals surface area contributed by atoms with Crippen LogP contribution in [0.15, 0.2) is 42.6 Å². The zero-order valence-electron chi connectivity index (χ0n) is 12.8. The molecule has 1 unspecified atom stereocenters. The lowest BCUT2D eigenvalue weighted by Crippen LogP contribution is -2.17. The number of rotatable bonds is 3. The first-order valence-corrected chi connectivity index (χ1v) is 8.29. The average Bonchev–Trinajstić information content (AvgIpc) is 3.11. The number of nitrogens with zero attached hydrogens (tertiary/aromatic N) is 1. The van der Waals surface area contributed by atoms with Gasteiger partial charge in [0.1, 0.15) is 0 Å². The molecule has 5 rings (SSSR count). The molecule has 1 fully saturated rings. The molecule has 0 radical (unpaired) electrons. The van der Waals surface area contributed by atoms with Crippen molar-refractivity contribution < 1.29 is 4.74 Å². The van der Waals surface area contributed by atoms with E-state index in [1.807, 2.05) is 30.5 Å². The van der Waals surface area contributed by atoms with Crippen LogP contribution in [-0.4, -0.2) is 21.6 Å². The van der Waals surface area contributed by atoms with Gasteiger partial charge < -0.3 is 20.0 Å². The number of halogens is 1. The topological polar surface area (TPSA) is 65.7 Å². The summed E-state index contributed by atoms with van der Waals surface area (Å²) in [5.74, 6) is 0.693. The lowest BCUT2D eigenvalue weighted by molar-refractivity contribution is -0.0526. The van der Waals surface area contributed by atoms with E-state index in [0.29, 0.717) is 11.0 Å². The molecule has 120 valence electrons. The molecule has 5 nitrogen and oxygen atoms in total. The molecule has 2 aromatic carbocycles. The fourth-order valence-corrected chi connectivity index (χ4v) is 3.39. The van der Waals surface area contributed by atoms with Crippen molar-refractivity contribution in [1.29, 1.82) is 0 Å². The van der Waals surface area contributed by atoms with Crippen molar-refractivity contribution >= 4 is 45.2 Å². The molecule has 0 saturated carbocycles. The highest BCUT2D eigenvalue weighted by Crippen LogP contribution is 2.32. The fourth-order valence-electron chi connectivity index (χ4n) is 3.11. The van der Waals surface area contributed by atoms with Crippen LogP contribution in [0, 0.1) is 0 Å². The maximum Gasteiger partial charge on any atom is 0.205 e. The van der Waals surface area contributed by atoms with E-state index in [0.717, 1.165) is 40.7 Å². The van der Waals surface area contributed by atoms with E-state index in [9.17, 15) is 0 Å². The van der Waals surface area contributed by atoms with Crippen LogP contribution >= 0.6 is 11.6 Å². The van der Waals surface area contributed by atoms with Crippen LogP contribution in [-0.2, 0) is 4.74 Å². The zero-order chi connectivity index (χ0) is 16.1. The highest BCUT2D eigenvalue weighted by atomic mass is 35.5. The van der Waals surface area contributed by atoms with Crippen molar-refractivity contribution in [3.8, 4) is 0 Å². The van der Waals surface area contributed by atoms with Crippen LogP contribution in [0.5, 0.6) is 0 Å². The Balaban J connectivity index is 1.49. The molecule has 1 saturated heterocycles. The van der Waals surface area contributed by atoms with Gasteiger partial charge in [0.2, 0.25) is 5.95 Å². The Kier molecular flexibility index (Phi) is 3.04. The number of H-pyrrole nitrogens is 2. The Morgan fingerprint density at radius 3 is 2.92 bits per heavy atom. The predicted octanol–water partition coefficient (Wildman–Crippen LogP) is 4.90. The highest BCUT2D eigenvalue weighted by molar-refractivity contribution is 6.35. The molecule has 0 bridgehead atoms. The molecule has 0 aliphatic carbocycles. The maximum absolute atomic E-state index is 6.32. The number of nitrogens with one attached hydrogen (secondary N) is 3. The number of ether oxygens (including phenoxy) is 1. The Bertz CT molecular complexity index is 1050. The number of aromatic nitrogens is 3. The van der Waals surface area contributed by atoms with E-state index >= 15 is 0 Å². The van der Waals surface area contributed by atoms with Crippen molar-refractivity contribution in [2.45, 2.75) is 12.5 Å². The van der Waals surface area contributed by atoms with Crippen molar-refractivity contribution in [3.63, 3.8) is 0 Å². The Labute approximate surface area is 143 Å². The zero-order valence-corrected chi connectivity index (χ0v) is 13.5. The van der Waals surface area contributed by atoms with Crippen LogP contribution in [0.3, 0.4) is 0 Å². The predicted molar refractivity (Wildman–Crippen MR) is 96.0 cm³/mol. The molecule has 3 N–H and O–H groups in total. The Morgan fingerprint density at radius 1 is 1.17 bits per heavy atom. The van der Waals surface area contributed by atoms with Gasteiger partial charge in [0.25, 0.3) is 0 Å². The van der Waals surface area contributed by atoms with Gasteiger partial charge in [-0.25, -0.2) is 4.98 Å². The summed E-state index contributed by atoms with van der Waals surface area (Å²) in [7, 11) is 0. The van der Waals surface area contributed by atoms with Gasteiger partial charge in [-0.1, -0.05) is 17.7 Å². The summed E-state index contributed by atoms with van der Waals surface area (Å²) in [6.07, 6.45) is 3.18. The minimum absolute atomic E-state index is 0.219. The quantitative estimate of drug-likeness (QED) is 0.497. The molecule has 6 heteroatoms. The van der Waals surface area contributed by atoms with Crippen LogP contribution < -0.4 is 5.32 Å². The summed E-state index contributed by atoms with van der Waals surface area (Å²) in [6, 6.07) is 12.1. The van der Waals surface area contributed by atoms with Crippen molar-refractivity contribution in [1.82, 2.24) is 15.0 Å². The second-order valence-corrected chi connectivity index (χ2v) is 6.44. The van der Waals surface area contributed by atoms with Gasteiger partial charge in [-0.15, -0.1) is 0 Å². The number of hydrogen-bond donors (Lipinski definition) is 3. The monoisotopic (exact) mass is 338 g/mol. The first-order valence-electron chi connectivity index (χ1n) is 7.91. The maximum atomic E-state index is 6.32. The third-order valence-electron chi connectivity index (χ3n) is 4.46. The van der Waals surface area contributed by atoms with Gasteiger partial charge in [-0.3, -0.25) is 0 Å². The number of benzene rings is 2. The third kappa shape index (κ3) is 2.25. The first-order chi connectivity index (χ1) is 11.8. The van der Waals surface area contributed by atoms with E-state index in [-0.39, 0.29) is 6.10 Å². The minimum Gasteiger partial charge on any atom is -0.373 e. The summed E-state index contributed by atoms with van der Waals surface area (Å²) in [5.41, 5.74) is 4.98. The number of fused-ring (bicyclic) bond motifs is 2. The molecule has 4 aromatic rings. The molecule has 0 spiro atoms. The molecule has 1 atom stereocenters. The Hall–Kier alpha value is -2.50. The number of hydrogen-bond acceptors (Lipinski definition) is 3. The molecular weight excluding hydrogens is 324 g/mol. The standard InChI is InChI=1S/C18H15ClN4O/c19-13-8-11(9-15-12(13)3-5-20-15)21-18-22-14-2-1-10(7-16(14)23-18)17-4-6-24-17/h1-3,5,7-9,17,20H,4,6H2,(H2,21,22,23). The van der Waals surface area contributed by atoms with Gasteiger partial charge >= 0.3 is 0 Å². The Morgan fingerprint density at radius 2 is 2.08 bits per heavy atom. The van der Waals surface area contributed by atoms with Gasteiger partial charge in [0.15, 0.2) is 0 Å². The molecule has 3 heterocycles. The van der Waals surface area contributed by atoms with Crippen LogP contribution in [0.1, 0.15) is 18.1 Å². The van der Waals surface area contributed by atoms with E-state index < -0.39 is 0 Å². The average molecular weight is 339 g/mol. The van der Waals surface area contributed by atoms with Crippen molar-refractivity contribution in [3.05, 3.63) is 53.2 Å². The second kappa shape index (κ2) is 5.26. The van der Waals surface area contributed by atoms with E-state index in [4.69, 9.17) is 16.3 Å². The molecule has 24 heavy (non-hydrogen) atoms. The molecule has 0 amide bonds. The SMILES string of the molecule is Clc1cc(Nc2nc3cc(C4CCO4)ccc3[nH]2)cc2[nH]ccc12. The van der Waals surface area contributed by atoms with Gasteiger partial charge in [0, 0.05) is 29.2 Å². The largest absolute Gasteiger partial charge is 0.373 e. The number of anilines is 2. The van der Waals surface area contributed by atoms with Crippen molar-refractivity contribution in [2.75, 3.05) is 11.9 Å². The van der Waals surface area contributed by atoms with Gasteiger partial charge in [-0.05, 0) is 35.9 Å². The molecular formula is C18H15ClN4O. The van der Waals surface area contributed by atoms with Crippen LogP contribution in [0.2, 0.25) is 5.02 Å². The minimum atomic E-state index is 0.219. The van der Waals surface area contributed by atoms with Crippen molar-refractivity contribution in [2.24, 2.45) is 0 Å². The van der Waals surface area contributed by atoms with Gasteiger partial charge in [-0.2, -0.15) is 0 Å². The van der Waals surface area contributed by atoms with E-state index in [1.165, 1.54) is 5.56 Å². The summed E-state index contributed by atoms with van der Waals surface area (Å²) >= 11 is 6.32. The number of imidazole rings is 1. The summed E-state index contributed by atoms with van der Waals surface area (Å²) < 4.78 is 5.54. The van der Waals surface area contributed by atoms with E-state index in [2.05, 4.69) is 32.4 Å². The van der Waals surface area contributed by atoms with Gasteiger partial charge in [0.05, 0.1) is 28.8 Å². The summed E-state index contributed by atoms with van der Waals surface area (Å²) in [5, 5.41) is 5.01. The third-order valence-corrected chi connectivity index (χ3v) is 4.77. The lowest BCUT2D eigenvalue weighted by atomic mass is 10.0. The van der Waals surface area contributed by atoms with E-state index in [1.54, 1.807) is 0 Å². The molecule has 1 aliphatic heterocycles. The number of aromatic amines is 2. The van der Waals surface area contributed by atoms with Crippen LogP contribution in [0.25, 0.3) is 21.9 Å². The first kappa shape index (κ1) is 13.9. The summed E-state index contributed by atoms with van der Waals surface area (Å²) in [6.45, 7) is 0.845. The smallest absolute Gasteiger partial charge is 0.205 e. The summed E-state index contributed by atoms with van der Waals surface area (Å²) in [4.78, 5) is 11.1. The fraction of sp³-hybridized carbons (Fsp3) is 0.167. The normalized spacial score (nSPS) is 17.3. The molecule has 2 aromatic heterocycles. The lowest BCUT2D eigenvalue weighted by Gasteiger charge is -2.26. The second-order valence-electron chi connectivity index (χ2n) is 6.03. The highest BCUT2D eigenvalue weighted by Gasteiger charge is 2.20. The molecule has 1 aliphatic rings. The van der Waals surface area contributed by atoms with Crippen LogP contribution in [0.4, 0.5) is 11.6 Å².